The zero-order valence-corrected chi connectivity index (χ0v) is 16.3. The largest absolute Gasteiger partial charge is 0.495 e. The molecule has 1 saturated heterocycles. The molecular formula is C21H21ClN2O4. The highest BCUT2D eigenvalue weighted by molar-refractivity contribution is 6.31. The van der Waals surface area contributed by atoms with Crippen LogP contribution in [-0.2, 0) is 14.4 Å². The lowest BCUT2D eigenvalue weighted by molar-refractivity contribution is -0.146. The van der Waals surface area contributed by atoms with E-state index in [1.54, 1.807) is 25.1 Å². The fourth-order valence-electron chi connectivity index (χ4n) is 5.49. The Hall–Kier alpha value is -2.34. The molecule has 3 fully saturated rings. The SMILES string of the molecule is COc1ccc(Cl)cc1NC(=O)[C@@H](C)N1C(=O)[C@H]2[C@@H]3C=C[C@H]([C@@H]4C[C@H]34)[C@@H]2C1=O. The van der Waals surface area contributed by atoms with Crippen molar-refractivity contribution < 1.29 is 19.1 Å². The summed E-state index contributed by atoms with van der Waals surface area (Å²) in [6.07, 6.45) is 5.35. The second-order valence-electron chi connectivity index (χ2n) is 8.21. The predicted molar refractivity (Wildman–Crippen MR) is 103 cm³/mol. The number of imide groups is 1. The Morgan fingerprint density at radius 1 is 1.18 bits per heavy atom. The summed E-state index contributed by atoms with van der Waals surface area (Å²) in [7, 11) is 1.49. The van der Waals surface area contributed by atoms with Crippen LogP contribution in [0.3, 0.4) is 0 Å². The van der Waals surface area contributed by atoms with Gasteiger partial charge in [-0.3, -0.25) is 19.3 Å². The van der Waals surface area contributed by atoms with E-state index in [-0.39, 0.29) is 35.5 Å². The first kappa shape index (κ1) is 17.7. The van der Waals surface area contributed by atoms with Gasteiger partial charge in [0.15, 0.2) is 0 Å². The molecule has 1 aliphatic heterocycles. The van der Waals surface area contributed by atoms with E-state index < -0.39 is 11.9 Å². The fourth-order valence-corrected chi connectivity index (χ4v) is 5.67. The van der Waals surface area contributed by atoms with Crippen molar-refractivity contribution in [1.82, 2.24) is 4.90 Å². The van der Waals surface area contributed by atoms with Crippen LogP contribution in [0.4, 0.5) is 5.69 Å². The Bertz CT molecular complexity index is 893. The summed E-state index contributed by atoms with van der Waals surface area (Å²) in [6, 6.07) is 3.99. The van der Waals surface area contributed by atoms with Crippen LogP contribution in [0.2, 0.25) is 5.02 Å². The summed E-state index contributed by atoms with van der Waals surface area (Å²) >= 11 is 6.02. The topological polar surface area (TPSA) is 75.7 Å². The summed E-state index contributed by atoms with van der Waals surface area (Å²) in [4.78, 5) is 40.3. The summed E-state index contributed by atoms with van der Waals surface area (Å²) in [6.45, 7) is 1.59. The monoisotopic (exact) mass is 400 g/mol. The molecule has 6 rings (SSSR count). The number of rotatable bonds is 4. The number of hydrogen-bond acceptors (Lipinski definition) is 4. The van der Waals surface area contributed by atoms with Gasteiger partial charge in [0.05, 0.1) is 24.6 Å². The molecule has 0 unspecified atom stereocenters. The van der Waals surface area contributed by atoms with Gasteiger partial charge in [0.2, 0.25) is 17.7 Å². The van der Waals surface area contributed by atoms with Crippen LogP contribution in [0.1, 0.15) is 13.3 Å². The zero-order valence-electron chi connectivity index (χ0n) is 15.6. The molecule has 0 spiro atoms. The molecule has 146 valence electrons. The highest BCUT2D eigenvalue weighted by atomic mass is 35.5. The molecule has 28 heavy (non-hydrogen) atoms. The number of likely N-dealkylation sites (tertiary alicyclic amines) is 1. The molecule has 0 radical (unpaired) electrons. The molecule has 5 aliphatic rings. The van der Waals surface area contributed by atoms with E-state index in [0.29, 0.717) is 28.3 Å². The maximum absolute atomic E-state index is 13.1. The molecule has 7 atom stereocenters. The summed E-state index contributed by atoms with van der Waals surface area (Å²) in [5.74, 6) is 0.353. The van der Waals surface area contributed by atoms with Crippen LogP contribution in [-0.4, -0.2) is 35.8 Å². The van der Waals surface area contributed by atoms with Crippen molar-refractivity contribution in [3.8, 4) is 5.75 Å². The van der Waals surface area contributed by atoms with E-state index in [1.807, 2.05) is 0 Å². The van der Waals surface area contributed by atoms with Crippen molar-refractivity contribution in [3.63, 3.8) is 0 Å². The van der Waals surface area contributed by atoms with Gasteiger partial charge >= 0.3 is 0 Å². The minimum absolute atomic E-state index is 0.143. The average molecular weight is 401 g/mol. The number of allylic oxidation sites excluding steroid dienone is 2. The van der Waals surface area contributed by atoms with Crippen LogP contribution in [0.15, 0.2) is 30.4 Å². The molecule has 2 saturated carbocycles. The first-order valence-electron chi connectivity index (χ1n) is 9.62. The Labute approximate surface area is 167 Å². The van der Waals surface area contributed by atoms with Gasteiger partial charge < -0.3 is 10.1 Å². The lowest BCUT2D eigenvalue weighted by Gasteiger charge is -2.37. The quantitative estimate of drug-likeness (QED) is 0.622. The van der Waals surface area contributed by atoms with Crippen LogP contribution in [0.5, 0.6) is 5.75 Å². The number of halogens is 1. The summed E-state index contributed by atoms with van der Waals surface area (Å²) in [5.41, 5.74) is 0.409. The molecule has 3 amide bonds. The highest BCUT2D eigenvalue weighted by Crippen LogP contribution is 2.65. The zero-order chi connectivity index (χ0) is 19.7. The van der Waals surface area contributed by atoms with Gasteiger partial charge in [0, 0.05) is 5.02 Å². The minimum atomic E-state index is -0.898. The second kappa shape index (κ2) is 6.08. The Morgan fingerprint density at radius 3 is 2.36 bits per heavy atom. The number of nitrogens with zero attached hydrogens (tertiary/aromatic N) is 1. The van der Waals surface area contributed by atoms with Gasteiger partial charge in [-0.05, 0) is 55.2 Å². The molecule has 0 aromatic heterocycles. The van der Waals surface area contributed by atoms with Crippen molar-refractivity contribution >= 4 is 35.0 Å². The van der Waals surface area contributed by atoms with Gasteiger partial charge in [-0.15, -0.1) is 0 Å². The number of ether oxygens (including phenoxy) is 1. The number of benzene rings is 1. The number of carbonyl (C=O) groups excluding carboxylic acids is 3. The number of anilines is 1. The summed E-state index contributed by atoms with van der Waals surface area (Å²) < 4.78 is 5.25. The predicted octanol–water partition coefficient (Wildman–Crippen LogP) is 2.73. The number of carbonyl (C=O) groups is 3. The van der Waals surface area contributed by atoms with E-state index >= 15 is 0 Å². The van der Waals surface area contributed by atoms with E-state index in [1.165, 1.54) is 12.0 Å². The standard InChI is InChI=1S/C21H21ClN2O4/c1-9(19(25)23-15-7-10(22)3-6-16(15)28-2)24-20(26)17-11-4-5-12(14-8-13(11)14)18(17)21(24)27/h3-7,9,11-14,17-18H,8H2,1-2H3,(H,23,25)/t9-,11-,12-,13-,14+,17+,18+/m1/s1. The first-order valence-corrected chi connectivity index (χ1v) is 10.00. The van der Waals surface area contributed by atoms with Crippen LogP contribution in [0, 0.1) is 35.5 Å². The van der Waals surface area contributed by atoms with E-state index in [2.05, 4.69) is 17.5 Å². The van der Waals surface area contributed by atoms with Crippen molar-refractivity contribution in [3.05, 3.63) is 35.4 Å². The van der Waals surface area contributed by atoms with Crippen LogP contribution in [0.25, 0.3) is 0 Å². The minimum Gasteiger partial charge on any atom is -0.495 e. The molecule has 7 heteroatoms. The molecule has 1 N–H and O–H groups in total. The van der Waals surface area contributed by atoms with E-state index in [4.69, 9.17) is 16.3 Å². The van der Waals surface area contributed by atoms with Gasteiger partial charge in [0.25, 0.3) is 0 Å². The molecule has 4 aliphatic carbocycles. The third-order valence-corrected chi connectivity index (χ3v) is 7.12. The van der Waals surface area contributed by atoms with Gasteiger partial charge in [-0.25, -0.2) is 0 Å². The molecule has 1 heterocycles. The van der Waals surface area contributed by atoms with E-state index in [9.17, 15) is 14.4 Å². The van der Waals surface area contributed by atoms with Crippen molar-refractivity contribution in [1.29, 1.82) is 0 Å². The van der Waals surface area contributed by atoms with Gasteiger partial charge in [-0.1, -0.05) is 23.8 Å². The number of methoxy groups -OCH3 is 1. The number of nitrogens with one attached hydrogen (secondary N) is 1. The second-order valence-corrected chi connectivity index (χ2v) is 8.65. The molecule has 1 aromatic rings. The smallest absolute Gasteiger partial charge is 0.247 e. The average Bonchev–Trinajstić information content (AvgIpc) is 3.45. The van der Waals surface area contributed by atoms with Crippen molar-refractivity contribution in [2.24, 2.45) is 35.5 Å². The van der Waals surface area contributed by atoms with Crippen LogP contribution >= 0.6 is 11.6 Å². The maximum Gasteiger partial charge on any atom is 0.247 e. The van der Waals surface area contributed by atoms with Crippen molar-refractivity contribution in [2.75, 3.05) is 12.4 Å². The van der Waals surface area contributed by atoms with Crippen molar-refractivity contribution in [2.45, 2.75) is 19.4 Å². The number of hydrogen-bond donors (Lipinski definition) is 1. The Morgan fingerprint density at radius 2 is 1.79 bits per heavy atom. The molecular weight excluding hydrogens is 380 g/mol. The first-order chi connectivity index (χ1) is 13.4. The van der Waals surface area contributed by atoms with Gasteiger partial charge in [0.1, 0.15) is 11.8 Å². The van der Waals surface area contributed by atoms with Gasteiger partial charge in [-0.2, -0.15) is 0 Å². The third kappa shape index (κ3) is 2.37. The van der Waals surface area contributed by atoms with E-state index in [0.717, 1.165) is 6.42 Å². The Kier molecular flexibility index (Phi) is 3.85. The molecule has 2 bridgehead atoms. The highest BCUT2D eigenvalue weighted by Gasteiger charge is 2.67. The maximum atomic E-state index is 13.1. The molecule has 1 aromatic carbocycles. The summed E-state index contributed by atoms with van der Waals surface area (Å²) in [5, 5.41) is 3.20. The van der Waals surface area contributed by atoms with Crippen LogP contribution < -0.4 is 10.1 Å². The number of amides is 3. The molecule has 6 nitrogen and oxygen atoms in total. The normalized spacial score (nSPS) is 35.5. The Balaban J connectivity index is 1.38. The third-order valence-electron chi connectivity index (χ3n) is 6.88. The fraction of sp³-hybridized carbons (Fsp3) is 0.476. The lowest BCUT2D eigenvalue weighted by atomic mass is 9.63. The lowest BCUT2D eigenvalue weighted by Crippen LogP contribution is -2.46.